The van der Waals surface area contributed by atoms with Gasteiger partial charge in [0.1, 0.15) is 6.10 Å². The standard InChI is InChI=1S/C8H9N3O3/c9-2-1-6(12)7(13)5-3-10-8(14)11-4-5/h3-4,6-7,12-13H,1H2,(H,10,11,14). The van der Waals surface area contributed by atoms with Gasteiger partial charge in [-0.25, -0.2) is 9.78 Å². The Bertz CT molecular complexity index is 375. The molecule has 2 unspecified atom stereocenters. The second kappa shape index (κ2) is 4.50. The van der Waals surface area contributed by atoms with Crippen LogP contribution < -0.4 is 5.69 Å². The molecule has 0 saturated carbocycles. The number of aliphatic hydroxyl groups excluding tert-OH is 2. The topological polar surface area (TPSA) is 110 Å². The molecule has 0 fully saturated rings. The largest absolute Gasteiger partial charge is 0.389 e. The van der Waals surface area contributed by atoms with E-state index in [1.54, 1.807) is 6.07 Å². The fourth-order valence-corrected chi connectivity index (χ4v) is 0.942. The highest BCUT2D eigenvalue weighted by Gasteiger charge is 2.18. The lowest BCUT2D eigenvalue weighted by molar-refractivity contribution is 0.0212. The molecule has 0 aromatic carbocycles. The van der Waals surface area contributed by atoms with Crippen LogP contribution in [0.1, 0.15) is 18.1 Å². The summed E-state index contributed by atoms with van der Waals surface area (Å²) >= 11 is 0. The number of aliphatic hydroxyl groups is 2. The minimum Gasteiger partial charge on any atom is -0.389 e. The summed E-state index contributed by atoms with van der Waals surface area (Å²) in [6, 6.07) is 1.73. The third-order valence-electron chi connectivity index (χ3n) is 1.70. The summed E-state index contributed by atoms with van der Waals surface area (Å²) in [5.74, 6) is 0. The maximum Gasteiger partial charge on any atom is 0.344 e. The molecule has 1 heterocycles. The quantitative estimate of drug-likeness (QED) is 0.577. The first-order valence-electron chi connectivity index (χ1n) is 3.93. The van der Waals surface area contributed by atoms with Crippen molar-refractivity contribution in [3.63, 3.8) is 0 Å². The number of nitrogens with one attached hydrogen (secondary N) is 1. The van der Waals surface area contributed by atoms with Gasteiger partial charge in [0, 0.05) is 18.0 Å². The van der Waals surface area contributed by atoms with E-state index in [4.69, 9.17) is 5.26 Å². The fourth-order valence-electron chi connectivity index (χ4n) is 0.942. The SMILES string of the molecule is N#CCC(O)C(O)c1cnc(=O)[nH]c1. The molecule has 6 nitrogen and oxygen atoms in total. The maximum atomic E-state index is 10.6. The van der Waals surface area contributed by atoms with Gasteiger partial charge in [0.05, 0.1) is 18.6 Å². The van der Waals surface area contributed by atoms with Crippen LogP contribution in [0.15, 0.2) is 17.2 Å². The summed E-state index contributed by atoms with van der Waals surface area (Å²) < 4.78 is 0. The zero-order valence-corrected chi connectivity index (χ0v) is 7.21. The van der Waals surface area contributed by atoms with Crippen LogP contribution in [0.2, 0.25) is 0 Å². The molecular formula is C8H9N3O3. The van der Waals surface area contributed by atoms with E-state index >= 15 is 0 Å². The van der Waals surface area contributed by atoms with Gasteiger partial charge < -0.3 is 15.2 Å². The van der Waals surface area contributed by atoms with E-state index in [9.17, 15) is 15.0 Å². The van der Waals surface area contributed by atoms with Crippen LogP contribution >= 0.6 is 0 Å². The molecule has 1 aromatic heterocycles. The summed E-state index contributed by atoms with van der Waals surface area (Å²) in [4.78, 5) is 16.2. The number of aromatic amines is 1. The van der Waals surface area contributed by atoms with E-state index < -0.39 is 17.9 Å². The van der Waals surface area contributed by atoms with Gasteiger partial charge in [0.15, 0.2) is 0 Å². The predicted molar refractivity (Wildman–Crippen MR) is 46.1 cm³/mol. The molecule has 0 spiro atoms. The number of nitriles is 1. The molecule has 0 saturated heterocycles. The predicted octanol–water partition coefficient (Wildman–Crippen LogP) is -0.922. The molecule has 0 aliphatic carbocycles. The van der Waals surface area contributed by atoms with Gasteiger partial charge in [-0.15, -0.1) is 0 Å². The Hall–Kier alpha value is -1.71. The Morgan fingerprint density at radius 1 is 1.64 bits per heavy atom. The van der Waals surface area contributed by atoms with Crippen molar-refractivity contribution in [2.45, 2.75) is 18.6 Å². The summed E-state index contributed by atoms with van der Waals surface area (Å²) in [5.41, 5.74) is -0.261. The van der Waals surface area contributed by atoms with E-state index in [-0.39, 0.29) is 12.0 Å². The molecule has 3 N–H and O–H groups in total. The van der Waals surface area contributed by atoms with Gasteiger partial charge >= 0.3 is 5.69 Å². The summed E-state index contributed by atoms with van der Waals surface area (Å²) in [6.07, 6.45) is -0.156. The van der Waals surface area contributed by atoms with Crippen molar-refractivity contribution in [3.8, 4) is 6.07 Å². The van der Waals surface area contributed by atoms with Crippen LogP contribution in [0.5, 0.6) is 0 Å². The van der Waals surface area contributed by atoms with Crippen molar-refractivity contribution in [2.75, 3.05) is 0 Å². The van der Waals surface area contributed by atoms with E-state index in [0.29, 0.717) is 0 Å². The minimum absolute atomic E-state index is 0.180. The molecule has 1 rings (SSSR count). The van der Waals surface area contributed by atoms with Crippen LogP contribution in [0.4, 0.5) is 0 Å². The molecule has 1 aromatic rings. The molecule has 0 bridgehead atoms. The molecular weight excluding hydrogens is 186 g/mol. The van der Waals surface area contributed by atoms with Crippen molar-refractivity contribution in [1.82, 2.24) is 9.97 Å². The first-order chi connectivity index (χ1) is 6.65. The highest BCUT2D eigenvalue weighted by atomic mass is 16.3. The monoisotopic (exact) mass is 195 g/mol. The molecule has 0 aliphatic rings. The van der Waals surface area contributed by atoms with Gasteiger partial charge in [-0.05, 0) is 0 Å². The first-order valence-corrected chi connectivity index (χ1v) is 3.93. The summed E-state index contributed by atoms with van der Waals surface area (Å²) in [6.45, 7) is 0. The van der Waals surface area contributed by atoms with Gasteiger partial charge in [-0.3, -0.25) is 0 Å². The number of H-pyrrole nitrogens is 1. The van der Waals surface area contributed by atoms with Gasteiger partial charge in [0.2, 0.25) is 0 Å². The van der Waals surface area contributed by atoms with Gasteiger partial charge in [0.25, 0.3) is 0 Å². The third kappa shape index (κ3) is 2.39. The molecule has 2 atom stereocenters. The van der Waals surface area contributed by atoms with Crippen LogP contribution in [0, 0.1) is 11.3 Å². The third-order valence-corrected chi connectivity index (χ3v) is 1.70. The summed E-state index contributed by atoms with van der Waals surface area (Å²) in [7, 11) is 0. The molecule has 74 valence electrons. The van der Waals surface area contributed by atoms with Crippen LogP contribution in [0.3, 0.4) is 0 Å². The van der Waals surface area contributed by atoms with Crippen molar-refractivity contribution in [3.05, 3.63) is 28.4 Å². The number of nitrogens with zero attached hydrogens (tertiary/aromatic N) is 2. The van der Waals surface area contributed by atoms with Gasteiger partial charge in [-0.1, -0.05) is 0 Å². The second-order valence-corrected chi connectivity index (χ2v) is 2.73. The fraction of sp³-hybridized carbons (Fsp3) is 0.375. The maximum absolute atomic E-state index is 10.6. The Morgan fingerprint density at radius 3 is 2.86 bits per heavy atom. The number of rotatable bonds is 3. The molecule has 0 aliphatic heterocycles. The lowest BCUT2D eigenvalue weighted by Gasteiger charge is -2.14. The smallest absolute Gasteiger partial charge is 0.344 e. The van der Waals surface area contributed by atoms with Crippen LogP contribution in [-0.2, 0) is 0 Å². The highest BCUT2D eigenvalue weighted by Crippen LogP contribution is 2.15. The Kier molecular flexibility index (Phi) is 3.34. The number of hydrogen-bond donors (Lipinski definition) is 3. The van der Waals surface area contributed by atoms with E-state index in [2.05, 4.69) is 9.97 Å². The zero-order valence-electron chi connectivity index (χ0n) is 7.21. The van der Waals surface area contributed by atoms with E-state index in [1.165, 1.54) is 6.20 Å². The van der Waals surface area contributed by atoms with Crippen LogP contribution in [0.25, 0.3) is 0 Å². The normalized spacial score (nSPS) is 14.4. The van der Waals surface area contributed by atoms with Crippen molar-refractivity contribution in [2.24, 2.45) is 0 Å². The van der Waals surface area contributed by atoms with Crippen molar-refractivity contribution >= 4 is 0 Å². The lowest BCUT2D eigenvalue weighted by Crippen LogP contribution is -2.19. The van der Waals surface area contributed by atoms with Gasteiger partial charge in [-0.2, -0.15) is 5.26 Å². The summed E-state index contributed by atoms with van der Waals surface area (Å²) in [5, 5.41) is 27.0. The average molecular weight is 195 g/mol. The van der Waals surface area contributed by atoms with Crippen LogP contribution in [-0.4, -0.2) is 26.3 Å². The van der Waals surface area contributed by atoms with Crippen molar-refractivity contribution < 1.29 is 10.2 Å². The zero-order chi connectivity index (χ0) is 10.6. The lowest BCUT2D eigenvalue weighted by atomic mass is 10.1. The molecule has 14 heavy (non-hydrogen) atoms. The van der Waals surface area contributed by atoms with E-state index in [0.717, 1.165) is 6.20 Å². The molecule has 0 amide bonds. The Morgan fingerprint density at radius 2 is 2.36 bits per heavy atom. The number of hydrogen-bond acceptors (Lipinski definition) is 5. The Balaban J connectivity index is 2.79. The average Bonchev–Trinajstić information content (AvgIpc) is 2.18. The number of aromatic nitrogens is 2. The minimum atomic E-state index is -1.21. The highest BCUT2D eigenvalue weighted by molar-refractivity contribution is 5.09. The Labute approximate surface area is 79.5 Å². The molecule has 6 heteroatoms. The second-order valence-electron chi connectivity index (χ2n) is 2.73. The van der Waals surface area contributed by atoms with E-state index in [1.807, 2.05) is 0 Å². The first kappa shape index (κ1) is 10.4. The van der Waals surface area contributed by atoms with Crippen molar-refractivity contribution in [1.29, 1.82) is 5.26 Å². The molecule has 0 radical (unpaired) electrons.